The lowest BCUT2D eigenvalue weighted by Crippen LogP contribution is -2.55. The topological polar surface area (TPSA) is 87.7 Å². The van der Waals surface area contributed by atoms with Crippen molar-refractivity contribution in [1.82, 2.24) is 10.2 Å². The summed E-state index contributed by atoms with van der Waals surface area (Å²) in [7, 11) is 0. The van der Waals surface area contributed by atoms with Crippen molar-refractivity contribution in [2.75, 3.05) is 11.9 Å². The zero-order valence-corrected chi connectivity index (χ0v) is 25.9. The van der Waals surface area contributed by atoms with Crippen molar-refractivity contribution in [3.63, 3.8) is 0 Å². The Kier molecular flexibility index (Phi) is 12.2. The largest absolute Gasteiger partial charge is 0.444 e. The summed E-state index contributed by atoms with van der Waals surface area (Å²) in [6.07, 6.45) is 2.64. The third-order valence-electron chi connectivity index (χ3n) is 7.22. The van der Waals surface area contributed by atoms with Crippen LogP contribution in [-0.2, 0) is 14.3 Å². The van der Waals surface area contributed by atoms with Crippen LogP contribution in [0.5, 0.6) is 0 Å². The molecule has 0 aromatic heterocycles. The van der Waals surface area contributed by atoms with Gasteiger partial charge in [-0.2, -0.15) is 0 Å². The molecule has 0 bridgehead atoms. The van der Waals surface area contributed by atoms with Crippen LogP contribution in [-0.4, -0.2) is 41.0 Å². The molecule has 7 heteroatoms. The van der Waals surface area contributed by atoms with Gasteiger partial charge in [0.05, 0.1) is 0 Å². The molecule has 0 spiro atoms. The maximum atomic E-state index is 14.5. The van der Waals surface area contributed by atoms with E-state index in [0.29, 0.717) is 18.7 Å². The number of ether oxygens (including phenoxy) is 1. The van der Waals surface area contributed by atoms with Gasteiger partial charge in [0.25, 0.3) is 5.91 Å². The Labute approximate surface area is 241 Å². The summed E-state index contributed by atoms with van der Waals surface area (Å²) in [5.41, 5.74) is 3.59. The van der Waals surface area contributed by atoms with Crippen molar-refractivity contribution in [1.29, 1.82) is 0 Å². The molecule has 0 fully saturated rings. The maximum absolute atomic E-state index is 14.5. The molecule has 2 N–H and O–H groups in total. The highest BCUT2D eigenvalue weighted by Crippen LogP contribution is 2.31. The second-order valence-corrected chi connectivity index (χ2v) is 11.8. The fourth-order valence-corrected chi connectivity index (χ4v) is 4.80. The minimum absolute atomic E-state index is 0.174. The van der Waals surface area contributed by atoms with Crippen LogP contribution >= 0.6 is 0 Å². The van der Waals surface area contributed by atoms with E-state index >= 15 is 0 Å². The van der Waals surface area contributed by atoms with Gasteiger partial charge in [0, 0.05) is 12.2 Å². The lowest BCUT2D eigenvalue weighted by molar-refractivity contribution is -0.142. The molecule has 2 aromatic rings. The molecule has 3 amide bonds. The summed E-state index contributed by atoms with van der Waals surface area (Å²) >= 11 is 0. The summed E-state index contributed by atoms with van der Waals surface area (Å²) in [4.78, 5) is 43.2. The predicted octanol–water partition coefficient (Wildman–Crippen LogP) is 7.25. The summed E-state index contributed by atoms with van der Waals surface area (Å²) < 4.78 is 5.51. The first-order valence-electron chi connectivity index (χ1n) is 14.5. The molecule has 0 heterocycles. The Morgan fingerprint density at radius 3 is 2.05 bits per heavy atom. The Hall–Kier alpha value is -3.35. The highest BCUT2D eigenvalue weighted by Gasteiger charge is 2.39. The zero-order valence-electron chi connectivity index (χ0n) is 25.9. The Balaban J connectivity index is 2.64. The first-order valence-corrected chi connectivity index (χ1v) is 14.5. The molecule has 3 atom stereocenters. The van der Waals surface area contributed by atoms with Crippen LogP contribution < -0.4 is 10.6 Å². The third kappa shape index (κ3) is 9.10. The molecule has 0 aliphatic carbocycles. The SMILES string of the molecule is CCCCCN(C(=O)C(NC(=O)OC(C)(C)C)C(C)CC)C(C(=O)Nc1ccccc1C)c1c(C)cccc1C. The van der Waals surface area contributed by atoms with Crippen molar-refractivity contribution in [3.05, 3.63) is 64.7 Å². The van der Waals surface area contributed by atoms with E-state index in [4.69, 9.17) is 4.74 Å². The average Bonchev–Trinajstić information content (AvgIpc) is 2.87. The van der Waals surface area contributed by atoms with Gasteiger partial charge in [-0.25, -0.2) is 4.79 Å². The molecule has 7 nitrogen and oxygen atoms in total. The third-order valence-corrected chi connectivity index (χ3v) is 7.22. The number of unbranched alkanes of at least 4 members (excludes halogenated alkanes) is 2. The van der Waals surface area contributed by atoms with Crippen LogP contribution in [0.3, 0.4) is 0 Å². The Morgan fingerprint density at radius 1 is 0.900 bits per heavy atom. The number of hydrogen-bond acceptors (Lipinski definition) is 4. The number of benzene rings is 2. The van der Waals surface area contributed by atoms with Gasteiger partial charge in [0.15, 0.2) is 0 Å². The van der Waals surface area contributed by atoms with Gasteiger partial charge >= 0.3 is 6.09 Å². The van der Waals surface area contributed by atoms with E-state index in [1.54, 1.807) is 25.7 Å². The molecular weight excluding hydrogens is 502 g/mol. The molecule has 3 unspecified atom stereocenters. The number of nitrogens with one attached hydrogen (secondary N) is 2. The Bertz CT molecular complexity index is 1130. The minimum atomic E-state index is -0.878. The van der Waals surface area contributed by atoms with E-state index in [1.165, 1.54) is 0 Å². The number of rotatable bonds is 12. The fourth-order valence-electron chi connectivity index (χ4n) is 4.80. The van der Waals surface area contributed by atoms with Gasteiger partial charge in [0.1, 0.15) is 17.7 Å². The summed E-state index contributed by atoms with van der Waals surface area (Å²) in [6, 6.07) is 11.8. The smallest absolute Gasteiger partial charge is 0.408 e. The predicted molar refractivity (Wildman–Crippen MR) is 162 cm³/mol. The molecule has 0 saturated heterocycles. The van der Waals surface area contributed by atoms with Crippen molar-refractivity contribution < 1.29 is 19.1 Å². The molecular formula is C33H49N3O4. The maximum Gasteiger partial charge on any atom is 0.408 e. The van der Waals surface area contributed by atoms with Gasteiger partial charge in [-0.05, 0) is 82.2 Å². The van der Waals surface area contributed by atoms with Crippen molar-refractivity contribution in [2.24, 2.45) is 5.92 Å². The van der Waals surface area contributed by atoms with Crippen molar-refractivity contribution in [3.8, 4) is 0 Å². The van der Waals surface area contributed by atoms with Gasteiger partial charge in [-0.15, -0.1) is 0 Å². The Morgan fingerprint density at radius 2 is 1.50 bits per heavy atom. The zero-order chi connectivity index (χ0) is 30.0. The van der Waals surface area contributed by atoms with Crippen LogP contribution in [0.2, 0.25) is 0 Å². The first-order chi connectivity index (χ1) is 18.8. The lowest BCUT2D eigenvalue weighted by Gasteiger charge is -2.37. The highest BCUT2D eigenvalue weighted by atomic mass is 16.6. The number of hydrogen-bond donors (Lipinski definition) is 2. The van der Waals surface area contributed by atoms with Crippen LogP contribution in [0, 0.1) is 26.7 Å². The molecule has 0 aliphatic rings. The quantitative estimate of drug-likeness (QED) is 0.272. The molecule has 0 radical (unpaired) electrons. The van der Waals surface area contributed by atoms with E-state index in [1.807, 2.05) is 77.1 Å². The number of aryl methyl sites for hydroxylation is 3. The summed E-state index contributed by atoms with van der Waals surface area (Å²) in [5, 5.41) is 5.94. The molecule has 2 aromatic carbocycles. The second-order valence-electron chi connectivity index (χ2n) is 11.8. The number of nitrogens with zero attached hydrogens (tertiary/aromatic N) is 1. The number of para-hydroxylation sites is 1. The summed E-state index contributed by atoms with van der Waals surface area (Å²) in [6.45, 7) is 17.7. The number of carbonyl (C=O) groups is 3. The summed E-state index contributed by atoms with van der Waals surface area (Å²) in [5.74, 6) is -0.743. The average molecular weight is 552 g/mol. The molecule has 0 aliphatic heterocycles. The van der Waals surface area contributed by atoms with E-state index in [-0.39, 0.29) is 17.7 Å². The second kappa shape index (κ2) is 14.9. The lowest BCUT2D eigenvalue weighted by atomic mass is 9.91. The van der Waals surface area contributed by atoms with Gasteiger partial charge in [-0.1, -0.05) is 76.4 Å². The normalized spacial score (nSPS) is 13.6. The van der Waals surface area contributed by atoms with Crippen molar-refractivity contribution >= 4 is 23.6 Å². The monoisotopic (exact) mass is 551 g/mol. The number of alkyl carbamates (subject to hydrolysis) is 1. The van der Waals surface area contributed by atoms with Crippen LogP contribution in [0.1, 0.15) is 95.5 Å². The first kappa shape index (κ1) is 32.9. The van der Waals surface area contributed by atoms with E-state index < -0.39 is 23.8 Å². The number of amides is 3. The molecule has 2 rings (SSSR count). The molecule has 0 saturated carbocycles. The van der Waals surface area contributed by atoms with E-state index in [0.717, 1.165) is 41.5 Å². The highest BCUT2D eigenvalue weighted by molar-refractivity contribution is 5.99. The van der Waals surface area contributed by atoms with E-state index in [9.17, 15) is 14.4 Å². The van der Waals surface area contributed by atoms with Crippen molar-refractivity contribution in [2.45, 2.75) is 106 Å². The molecule has 40 heavy (non-hydrogen) atoms. The van der Waals surface area contributed by atoms with E-state index in [2.05, 4.69) is 17.6 Å². The van der Waals surface area contributed by atoms with Crippen LogP contribution in [0.25, 0.3) is 0 Å². The van der Waals surface area contributed by atoms with Gasteiger partial charge < -0.3 is 20.3 Å². The number of carbonyl (C=O) groups excluding carboxylic acids is 3. The molecule has 220 valence electrons. The standard InChI is InChI=1S/C33H49N3O4/c1-10-12-15-21-36(31(38)28(22(3)11-2)35-32(39)40-33(7,8)9)29(27-24(5)18-16-19-25(27)6)30(37)34-26-20-14-13-17-23(26)4/h13-14,16-20,22,28-29H,10-12,15,21H2,1-9H3,(H,34,37)(H,35,39). The van der Waals surface area contributed by atoms with Crippen LogP contribution in [0.15, 0.2) is 42.5 Å². The van der Waals surface area contributed by atoms with Crippen LogP contribution in [0.4, 0.5) is 10.5 Å². The minimum Gasteiger partial charge on any atom is -0.444 e. The van der Waals surface area contributed by atoms with Gasteiger partial charge in [-0.3, -0.25) is 9.59 Å². The fraction of sp³-hybridized carbons (Fsp3) is 0.545. The van der Waals surface area contributed by atoms with Gasteiger partial charge in [0.2, 0.25) is 5.91 Å². The number of anilines is 1.